The minimum atomic E-state index is -4.41. The van der Waals surface area contributed by atoms with E-state index in [1.54, 1.807) is 30.3 Å². The molecule has 28 heavy (non-hydrogen) atoms. The second-order valence-corrected chi connectivity index (χ2v) is 7.67. The van der Waals surface area contributed by atoms with Crippen LogP contribution in [0.15, 0.2) is 58.9 Å². The summed E-state index contributed by atoms with van der Waals surface area (Å²) in [5.74, 6) is 0.253. The van der Waals surface area contributed by atoms with Crippen LogP contribution in [0.3, 0.4) is 0 Å². The van der Waals surface area contributed by atoms with Gasteiger partial charge >= 0.3 is 6.18 Å². The summed E-state index contributed by atoms with van der Waals surface area (Å²) in [6.45, 7) is -0.189. The first-order chi connectivity index (χ1) is 13.4. The van der Waals surface area contributed by atoms with Crippen LogP contribution in [0, 0.1) is 0 Å². The summed E-state index contributed by atoms with van der Waals surface area (Å²) in [6, 6.07) is 14.3. The highest BCUT2D eigenvalue weighted by Gasteiger charge is 2.32. The highest BCUT2D eigenvalue weighted by Crippen LogP contribution is 2.35. The number of para-hydroxylation sites is 1. The predicted octanol–water partition coefficient (Wildman–Crippen LogP) is 4.87. The van der Waals surface area contributed by atoms with E-state index in [-0.39, 0.29) is 23.1 Å². The number of nitrogens with one attached hydrogen (secondary N) is 1. The van der Waals surface area contributed by atoms with Gasteiger partial charge in [-0.3, -0.25) is 10.1 Å². The Morgan fingerprint density at radius 3 is 2.54 bits per heavy atom. The molecule has 0 saturated carbocycles. The van der Waals surface area contributed by atoms with E-state index >= 15 is 0 Å². The maximum Gasteiger partial charge on any atom is 0.416 e. The molecule has 0 atom stereocenters. The van der Waals surface area contributed by atoms with Gasteiger partial charge in [0, 0.05) is 5.75 Å². The fourth-order valence-corrected chi connectivity index (χ4v) is 3.97. The molecule has 1 heterocycles. The summed E-state index contributed by atoms with van der Waals surface area (Å²) in [5.41, 5.74) is -0.504. The standard InChI is InChI=1S/C18H14F3N3O2S2/c19-18(20,21)14-9-5-4-6-12(14)11-27-17-24-23-16(28-17)22-15(25)10-26-13-7-2-1-3-8-13/h1-9H,10-11H2,(H,22,23,25). The molecule has 3 rings (SSSR count). The number of nitrogens with zero attached hydrogens (tertiary/aromatic N) is 2. The van der Waals surface area contributed by atoms with Gasteiger partial charge in [0.25, 0.3) is 5.91 Å². The van der Waals surface area contributed by atoms with Crippen LogP contribution in [-0.2, 0) is 16.7 Å². The zero-order valence-corrected chi connectivity index (χ0v) is 15.9. The Labute approximate surface area is 166 Å². The Morgan fingerprint density at radius 2 is 1.79 bits per heavy atom. The van der Waals surface area contributed by atoms with Gasteiger partial charge in [-0.1, -0.05) is 59.5 Å². The van der Waals surface area contributed by atoms with Crippen molar-refractivity contribution in [1.82, 2.24) is 10.2 Å². The highest BCUT2D eigenvalue weighted by molar-refractivity contribution is 8.00. The topological polar surface area (TPSA) is 64.1 Å². The Bertz CT molecular complexity index is 933. The molecule has 0 aliphatic rings. The van der Waals surface area contributed by atoms with E-state index in [1.165, 1.54) is 12.1 Å². The van der Waals surface area contributed by atoms with Crippen molar-refractivity contribution in [2.75, 3.05) is 11.9 Å². The molecule has 0 spiro atoms. The van der Waals surface area contributed by atoms with Crippen LogP contribution in [0.1, 0.15) is 11.1 Å². The number of hydrogen-bond acceptors (Lipinski definition) is 6. The summed E-state index contributed by atoms with van der Waals surface area (Å²) >= 11 is 2.21. The quantitative estimate of drug-likeness (QED) is 0.432. The minimum absolute atomic E-state index is 0.0926. The number of halogens is 3. The molecule has 0 fully saturated rings. The SMILES string of the molecule is O=C(COc1ccccc1)Nc1nnc(SCc2ccccc2C(F)(F)F)s1. The zero-order chi connectivity index (χ0) is 20.0. The van der Waals surface area contributed by atoms with Crippen LogP contribution in [-0.4, -0.2) is 22.7 Å². The highest BCUT2D eigenvalue weighted by atomic mass is 32.2. The molecule has 0 aliphatic carbocycles. The number of benzene rings is 2. The average molecular weight is 425 g/mol. The molecular formula is C18H14F3N3O2S2. The number of ether oxygens (including phenoxy) is 1. The molecule has 146 valence electrons. The van der Waals surface area contributed by atoms with E-state index in [9.17, 15) is 18.0 Å². The van der Waals surface area contributed by atoms with Crippen LogP contribution < -0.4 is 10.1 Å². The molecule has 0 bridgehead atoms. The van der Waals surface area contributed by atoms with Gasteiger partial charge in [-0.25, -0.2) is 0 Å². The maximum atomic E-state index is 13.0. The Balaban J connectivity index is 1.53. The fourth-order valence-electron chi connectivity index (χ4n) is 2.20. The third-order valence-electron chi connectivity index (χ3n) is 3.44. The lowest BCUT2D eigenvalue weighted by molar-refractivity contribution is -0.138. The second kappa shape index (κ2) is 9.07. The van der Waals surface area contributed by atoms with Crippen LogP contribution in [0.25, 0.3) is 0 Å². The first kappa shape index (κ1) is 20.2. The van der Waals surface area contributed by atoms with Gasteiger partial charge < -0.3 is 4.74 Å². The number of anilines is 1. The van der Waals surface area contributed by atoms with Crippen LogP contribution in [0.4, 0.5) is 18.3 Å². The van der Waals surface area contributed by atoms with Crippen molar-refractivity contribution >= 4 is 34.1 Å². The molecule has 10 heteroatoms. The third kappa shape index (κ3) is 5.70. The fraction of sp³-hybridized carbons (Fsp3) is 0.167. The van der Waals surface area contributed by atoms with Crippen LogP contribution in [0.2, 0.25) is 0 Å². The van der Waals surface area contributed by atoms with Crippen molar-refractivity contribution in [2.24, 2.45) is 0 Å². The maximum absolute atomic E-state index is 13.0. The molecule has 1 aromatic heterocycles. The van der Waals surface area contributed by atoms with Crippen LogP contribution >= 0.6 is 23.1 Å². The van der Waals surface area contributed by atoms with E-state index in [2.05, 4.69) is 15.5 Å². The monoisotopic (exact) mass is 425 g/mol. The normalized spacial score (nSPS) is 11.2. The lowest BCUT2D eigenvalue weighted by atomic mass is 10.1. The number of carbonyl (C=O) groups is 1. The smallest absolute Gasteiger partial charge is 0.416 e. The van der Waals surface area contributed by atoms with Crippen molar-refractivity contribution in [2.45, 2.75) is 16.3 Å². The summed E-state index contributed by atoms with van der Waals surface area (Å²) in [6.07, 6.45) is -4.41. The van der Waals surface area contributed by atoms with E-state index in [1.807, 2.05) is 6.07 Å². The molecule has 1 amide bonds. The van der Waals surface area contributed by atoms with Gasteiger partial charge in [-0.15, -0.1) is 10.2 Å². The Morgan fingerprint density at radius 1 is 1.07 bits per heavy atom. The molecule has 0 aliphatic heterocycles. The molecule has 3 aromatic rings. The van der Waals surface area contributed by atoms with E-state index in [4.69, 9.17) is 4.74 Å². The zero-order valence-electron chi connectivity index (χ0n) is 14.3. The lowest BCUT2D eigenvalue weighted by Gasteiger charge is -2.11. The minimum Gasteiger partial charge on any atom is -0.484 e. The third-order valence-corrected chi connectivity index (χ3v) is 5.46. The number of hydrogen-bond donors (Lipinski definition) is 1. The summed E-state index contributed by atoms with van der Waals surface area (Å²) < 4.78 is 44.9. The van der Waals surface area contributed by atoms with E-state index < -0.39 is 17.6 Å². The summed E-state index contributed by atoms with van der Waals surface area (Å²) in [4.78, 5) is 11.9. The molecule has 0 radical (unpaired) electrons. The molecule has 0 saturated heterocycles. The number of alkyl halides is 3. The first-order valence-corrected chi connectivity index (χ1v) is 9.81. The largest absolute Gasteiger partial charge is 0.484 e. The Kier molecular flexibility index (Phi) is 6.53. The van der Waals surface area contributed by atoms with E-state index in [0.29, 0.717) is 10.1 Å². The number of carbonyl (C=O) groups excluding carboxylic acids is 1. The summed E-state index contributed by atoms with van der Waals surface area (Å²) in [7, 11) is 0. The molecule has 5 nitrogen and oxygen atoms in total. The van der Waals surface area contributed by atoms with Crippen molar-refractivity contribution in [3.63, 3.8) is 0 Å². The second-order valence-electron chi connectivity index (χ2n) is 5.47. The number of amides is 1. The first-order valence-electron chi connectivity index (χ1n) is 8.01. The van der Waals surface area contributed by atoms with Gasteiger partial charge in [0.2, 0.25) is 5.13 Å². The number of aromatic nitrogens is 2. The van der Waals surface area contributed by atoms with E-state index in [0.717, 1.165) is 29.2 Å². The van der Waals surface area contributed by atoms with Gasteiger partial charge in [0.15, 0.2) is 10.9 Å². The van der Waals surface area contributed by atoms with Gasteiger partial charge in [-0.2, -0.15) is 13.2 Å². The number of rotatable bonds is 7. The molecule has 0 unspecified atom stereocenters. The average Bonchev–Trinajstić information content (AvgIpc) is 3.12. The van der Waals surface area contributed by atoms with Gasteiger partial charge in [0.1, 0.15) is 5.75 Å². The van der Waals surface area contributed by atoms with Crippen LogP contribution in [0.5, 0.6) is 5.75 Å². The van der Waals surface area contributed by atoms with Crippen molar-refractivity contribution in [3.8, 4) is 5.75 Å². The Hall–Kier alpha value is -2.59. The number of thioether (sulfide) groups is 1. The van der Waals surface area contributed by atoms with Crippen molar-refractivity contribution in [1.29, 1.82) is 0 Å². The van der Waals surface area contributed by atoms with Crippen molar-refractivity contribution in [3.05, 3.63) is 65.7 Å². The van der Waals surface area contributed by atoms with Gasteiger partial charge in [-0.05, 0) is 23.8 Å². The predicted molar refractivity (Wildman–Crippen MR) is 101 cm³/mol. The molecule has 1 N–H and O–H groups in total. The lowest BCUT2D eigenvalue weighted by Crippen LogP contribution is -2.20. The molecular weight excluding hydrogens is 411 g/mol. The molecule has 2 aromatic carbocycles. The van der Waals surface area contributed by atoms with Gasteiger partial charge in [0.05, 0.1) is 5.56 Å². The summed E-state index contributed by atoms with van der Waals surface area (Å²) in [5, 5.41) is 10.5. The van der Waals surface area contributed by atoms with Crippen molar-refractivity contribution < 1.29 is 22.7 Å².